The molecule has 0 bridgehead atoms. The number of amides is 3. The van der Waals surface area contributed by atoms with E-state index < -0.39 is 47.7 Å². The van der Waals surface area contributed by atoms with E-state index in [1.54, 1.807) is 53.7 Å². The molecule has 2 atom stereocenters. The zero-order valence-electron chi connectivity index (χ0n) is 22.8. The number of phenolic OH excluding ortho intramolecular Hbond substituents is 2. The summed E-state index contributed by atoms with van der Waals surface area (Å²) in [7, 11) is 0. The minimum Gasteiger partial charge on any atom is -0.508 e. The van der Waals surface area contributed by atoms with Crippen LogP contribution in [0.15, 0.2) is 48.5 Å². The van der Waals surface area contributed by atoms with Gasteiger partial charge in [0.05, 0.1) is 6.61 Å². The number of phenols is 2. The molecule has 0 heterocycles. The van der Waals surface area contributed by atoms with Crippen LogP contribution in [-0.4, -0.2) is 68.5 Å². The zero-order chi connectivity index (χ0) is 28.7. The first kappa shape index (κ1) is 30.4. The SMILES string of the molecule is CC(C)(C)NC(=O)C(c1ccc(O)cc1)N(CCO)C(=O)C(Cc1ccc(O)cc1)NC(=O)OC(C)(C)C. The van der Waals surface area contributed by atoms with Gasteiger partial charge in [-0.15, -0.1) is 0 Å². The zero-order valence-corrected chi connectivity index (χ0v) is 22.8. The number of hydrogen-bond donors (Lipinski definition) is 5. The maximum absolute atomic E-state index is 14.0. The van der Waals surface area contributed by atoms with Gasteiger partial charge in [-0.25, -0.2) is 4.79 Å². The number of carbonyl (C=O) groups excluding carboxylic acids is 3. The number of ether oxygens (including phenoxy) is 1. The standard InChI is InChI=1S/C28H39N3O7/c1-27(2,3)30-24(35)23(19-9-13-21(34)14-10-19)31(15-16-32)25(36)22(29-26(37)38-28(4,5)6)17-18-7-11-20(33)12-8-18/h7-14,22-23,32-34H,15-17H2,1-6H3,(H,29,37)(H,30,35). The van der Waals surface area contributed by atoms with Crippen molar-refractivity contribution >= 4 is 17.9 Å². The molecule has 10 nitrogen and oxygen atoms in total. The van der Waals surface area contributed by atoms with Crippen LogP contribution in [0.4, 0.5) is 4.79 Å². The molecular weight excluding hydrogens is 490 g/mol. The van der Waals surface area contributed by atoms with Crippen LogP contribution in [0.3, 0.4) is 0 Å². The fraction of sp³-hybridized carbons (Fsp3) is 0.464. The molecule has 0 saturated carbocycles. The van der Waals surface area contributed by atoms with Crippen molar-refractivity contribution in [1.82, 2.24) is 15.5 Å². The second-order valence-corrected chi connectivity index (χ2v) is 11.1. The lowest BCUT2D eigenvalue weighted by molar-refractivity contribution is -0.143. The number of rotatable bonds is 9. The largest absolute Gasteiger partial charge is 0.508 e. The molecule has 38 heavy (non-hydrogen) atoms. The van der Waals surface area contributed by atoms with Crippen LogP contribution in [-0.2, 0) is 20.7 Å². The van der Waals surface area contributed by atoms with Crippen molar-refractivity contribution in [3.05, 3.63) is 59.7 Å². The van der Waals surface area contributed by atoms with E-state index in [0.717, 1.165) is 0 Å². The van der Waals surface area contributed by atoms with Gasteiger partial charge in [-0.1, -0.05) is 24.3 Å². The van der Waals surface area contributed by atoms with Crippen LogP contribution in [0.2, 0.25) is 0 Å². The van der Waals surface area contributed by atoms with Gasteiger partial charge >= 0.3 is 6.09 Å². The molecule has 0 radical (unpaired) electrons. The molecule has 2 rings (SSSR count). The number of alkyl carbamates (subject to hydrolysis) is 1. The monoisotopic (exact) mass is 529 g/mol. The Morgan fingerprint density at radius 3 is 1.89 bits per heavy atom. The Bertz CT molecular complexity index is 1090. The minimum absolute atomic E-state index is 0.0134. The highest BCUT2D eigenvalue weighted by Crippen LogP contribution is 2.26. The number of aromatic hydroxyl groups is 2. The van der Waals surface area contributed by atoms with Crippen molar-refractivity contribution in [2.45, 2.75) is 71.2 Å². The fourth-order valence-corrected chi connectivity index (χ4v) is 3.76. The van der Waals surface area contributed by atoms with Crippen molar-refractivity contribution in [2.24, 2.45) is 0 Å². The van der Waals surface area contributed by atoms with Crippen molar-refractivity contribution in [2.75, 3.05) is 13.2 Å². The quantitative estimate of drug-likeness (QED) is 0.335. The average molecular weight is 530 g/mol. The summed E-state index contributed by atoms with van der Waals surface area (Å²) in [6.45, 7) is 9.83. The predicted octanol–water partition coefficient (Wildman–Crippen LogP) is 3.01. The van der Waals surface area contributed by atoms with E-state index in [9.17, 15) is 29.7 Å². The van der Waals surface area contributed by atoms with Crippen molar-refractivity contribution < 1.29 is 34.4 Å². The summed E-state index contributed by atoms with van der Waals surface area (Å²) in [6, 6.07) is 9.69. The lowest BCUT2D eigenvalue weighted by Crippen LogP contribution is -2.55. The molecule has 0 aliphatic heterocycles. The van der Waals surface area contributed by atoms with E-state index in [-0.39, 0.29) is 24.5 Å². The molecule has 0 aliphatic carbocycles. The Kier molecular flexibility index (Phi) is 10.1. The van der Waals surface area contributed by atoms with Gasteiger partial charge in [-0.05, 0) is 76.9 Å². The lowest BCUT2D eigenvalue weighted by Gasteiger charge is -2.35. The van der Waals surface area contributed by atoms with E-state index in [2.05, 4.69) is 10.6 Å². The Hall–Kier alpha value is -3.79. The first-order chi connectivity index (χ1) is 17.6. The number of carbonyl (C=O) groups is 3. The maximum Gasteiger partial charge on any atom is 0.408 e. The van der Waals surface area contributed by atoms with E-state index in [0.29, 0.717) is 11.1 Å². The van der Waals surface area contributed by atoms with Gasteiger partial charge in [0.25, 0.3) is 0 Å². The topological polar surface area (TPSA) is 148 Å². The number of benzene rings is 2. The van der Waals surface area contributed by atoms with Crippen LogP contribution in [0, 0.1) is 0 Å². The maximum atomic E-state index is 14.0. The summed E-state index contributed by atoms with van der Waals surface area (Å²) >= 11 is 0. The molecule has 3 amide bonds. The predicted molar refractivity (Wildman–Crippen MR) is 143 cm³/mol. The molecule has 10 heteroatoms. The summed E-state index contributed by atoms with van der Waals surface area (Å²) in [6.07, 6.45) is -0.789. The second kappa shape index (κ2) is 12.6. The lowest BCUT2D eigenvalue weighted by atomic mass is 9.99. The molecule has 208 valence electrons. The first-order valence-corrected chi connectivity index (χ1v) is 12.4. The van der Waals surface area contributed by atoms with E-state index >= 15 is 0 Å². The van der Waals surface area contributed by atoms with Crippen LogP contribution in [0.1, 0.15) is 58.7 Å². The molecule has 0 spiro atoms. The normalized spacial score (nSPS) is 13.2. The Morgan fingerprint density at radius 2 is 1.42 bits per heavy atom. The Balaban J connectivity index is 2.53. The molecule has 0 aliphatic rings. The van der Waals surface area contributed by atoms with E-state index in [1.807, 2.05) is 0 Å². The van der Waals surface area contributed by atoms with Crippen LogP contribution >= 0.6 is 0 Å². The molecular formula is C28H39N3O7. The van der Waals surface area contributed by atoms with Gasteiger partial charge in [0.2, 0.25) is 11.8 Å². The summed E-state index contributed by atoms with van der Waals surface area (Å²) in [5.41, 5.74) is -0.392. The van der Waals surface area contributed by atoms with Gasteiger partial charge in [-0.2, -0.15) is 0 Å². The minimum atomic E-state index is -1.17. The molecule has 2 aromatic rings. The Labute approximate surface area is 223 Å². The van der Waals surface area contributed by atoms with Gasteiger partial charge in [0, 0.05) is 18.5 Å². The highest BCUT2D eigenvalue weighted by Gasteiger charge is 2.37. The molecule has 2 aromatic carbocycles. The summed E-state index contributed by atoms with van der Waals surface area (Å²) in [5.74, 6) is -1.09. The number of hydrogen-bond acceptors (Lipinski definition) is 7. The van der Waals surface area contributed by atoms with Gasteiger partial charge in [-0.3, -0.25) is 9.59 Å². The molecule has 0 aromatic heterocycles. The van der Waals surface area contributed by atoms with E-state index in [1.165, 1.54) is 41.3 Å². The third-order valence-electron chi connectivity index (χ3n) is 5.26. The van der Waals surface area contributed by atoms with Crippen LogP contribution < -0.4 is 10.6 Å². The number of aliphatic hydroxyl groups is 1. The molecule has 0 fully saturated rings. The van der Waals surface area contributed by atoms with Crippen molar-refractivity contribution in [3.8, 4) is 11.5 Å². The molecule has 0 saturated heterocycles. The number of nitrogens with zero attached hydrogens (tertiary/aromatic N) is 1. The smallest absolute Gasteiger partial charge is 0.408 e. The molecule has 5 N–H and O–H groups in total. The van der Waals surface area contributed by atoms with Crippen molar-refractivity contribution in [1.29, 1.82) is 0 Å². The van der Waals surface area contributed by atoms with Gasteiger partial charge in [0.1, 0.15) is 29.2 Å². The molecule has 2 unspecified atom stereocenters. The van der Waals surface area contributed by atoms with E-state index in [4.69, 9.17) is 4.74 Å². The first-order valence-electron chi connectivity index (χ1n) is 12.4. The highest BCUT2D eigenvalue weighted by molar-refractivity contribution is 5.92. The van der Waals surface area contributed by atoms with Crippen LogP contribution in [0.25, 0.3) is 0 Å². The Morgan fingerprint density at radius 1 is 0.895 bits per heavy atom. The summed E-state index contributed by atoms with van der Waals surface area (Å²) < 4.78 is 5.37. The van der Waals surface area contributed by atoms with Gasteiger partial charge < -0.3 is 35.6 Å². The van der Waals surface area contributed by atoms with Crippen molar-refractivity contribution in [3.63, 3.8) is 0 Å². The van der Waals surface area contributed by atoms with Crippen LogP contribution in [0.5, 0.6) is 11.5 Å². The summed E-state index contributed by atoms with van der Waals surface area (Å²) in [4.78, 5) is 41.4. The fourth-order valence-electron chi connectivity index (χ4n) is 3.76. The number of aliphatic hydroxyl groups excluding tert-OH is 1. The summed E-state index contributed by atoms with van der Waals surface area (Å²) in [5, 5.41) is 34.8. The average Bonchev–Trinajstić information content (AvgIpc) is 2.78. The second-order valence-electron chi connectivity index (χ2n) is 11.1. The highest BCUT2D eigenvalue weighted by atomic mass is 16.6. The third kappa shape index (κ3) is 9.59. The third-order valence-corrected chi connectivity index (χ3v) is 5.26. The van der Waals surface area contributed by atoms with Gasteiger partial charge in [0.15, 0.2) is 0 Å². The number of nitrogens with one attached hydrogen (secondary N) is 2.